The number of aliphatic hydroxyl groups is 1. The minimum absolute atomic E-state index is 0.470. The highest BCUT2D eigenvalue weighted by molar-refractivity contribution is 9.10. The molecule has 3 nitrogen and oxygen atoms in total. The lowest BCUT2D eigenvalue weighted by Crippen LogP contribution is -1.92. The van der Waals surface area contributed by atoms with Gasteiger partial charge >= 0.3 is 0 Å². The molecule has 0 bridgehead atoms. The SMILES string of the molecule is CC(O)c1ccc(Sc2ccncn2)cc1Br. The van der Waals surface area contributed by atoms with Crippen molar-refractivity contribution < 1.29 is 5.11 Å². The molecule has 2 aromatic rings. The van der Waals surface area contributed by atoms with Crippen LogP contribution in [0.2, 0.25) is 0 Å². The van der Waals surface area contributed by atoms with Crippen LogP contribution in [0, 0.1) is 0 Å². The minimum Gasteiger partial charge on any atom is -0.389 e. The highest BCUT2D eigenvalue weighted by Gasteiger charge is 2.07. The topological polar surface area (TPSA) is 46.0 Å². The van der Waals surface area contributed by atoms with Gasteiger partial charge in [0.05, 0.1) is 6.10 Å². The number of hydrogen-bond donors (Lipinski definition) is 1. The summed E-state index contributed by atoms with van der Waals surface area (Å²) in [6, 6.07) is 7.73. The molecule has 0 fully saturated rings. The van der Waals surface area contributed by atoms with Crippen molar-refractivity contribution in [1.29, 1.82) is 0 Å². The van der Waals surface area contributed by atoms with Gasteiger partial charge < -0.3 is 5.11 Å². The monoisotopic (exact) mass is 310 g/mol. The Bertz CT molecular complexity index is 505. The maximum absolute atomic E-state index is 9.53. The van der Waals surface area contributed by atoms with Crippen LogP contribution in [-0.4, -0.2) is 15.1 Å². The van der Waals surface area contributed by atoms with Crippen molar-refractivity contribution in [3.8, 4) is 0 Å². The van der Waals surface area contributed by atoms with Gasteiger partial charge in [-0.2, -0.15) is 0 Å². The molecule has 1 heterocycles. The molecule has 5 heteroatoms. The van der Waals surface area contributed by atoms with Gasteiger partial charge in [0.25, 0.3) is 0 Å². The lowest BCUT2D eigenvalue weighted by molar-refractivity contribution is 0.198. The maximum atomic E-state index is 9.53. The summed E-state index contributed by atoms with van der Waals surface area (Å²) >= 11 is 5.01. The predicted molar refractivity (Wildman–Crippen MR) is 70.9 cm³/mol. The van der Waals surface area contributed by atoms with Crippen molar-refractivity contribution >= 4 is 27.7 Å². The van der Waals surface area contributed by atoms with E-state index in [2.05, 4.69) is 25.9 Å². The zero-order valence-corrected chi connectivity index (χ0v) is 11.6. The number of nitrogens with zero attached hydrogens (tertiary/aromatic N) is 2. The molecule has 17 heavy (non-hydrogen) atoms. The van der Waals surface area contributed by atoms with Crippen LogP contribution in [0.3, 0.4) is 0 Å². The molecule has 1 aromatic carbocycles. The van der Waals surface area contributed by atoms with Gasteiger partial charge in [-0.05, 0) is 30.7 Å². The molecular formula is C12H11BrN2OS. The summed E-state index contributed by atoms with van der Waals surface area (Å²) in [5, 5.41) is 10.4. The largest absolute Gasteiger partial charge is 0.389 e. The van der Waals surface area contributed by atoms with Crippen LogP contribution in [0.4, 0.5) is 0 Å². The molecular weight excluding hydrogens is 300 g/mol. The van der Waals surface area contributed by atoms with Crippen molar-refractivity contribution in [2.24, 2.45) is 0 Å². The van der Waals surface area contributed by atoms with Crippen LogP contribution < -0.4 is 0 Å². The van der Waals surface area contributed by atoms with E-state index in [1.54, 1.807) is 24.9 Å². The van der Waals surface area contributed by atoms with Crippen LogP contribution >= 0.6 is 27.7 Å². The highest BCUT2D eigenvalue weighted by Crippen LogP contribution is 2.31. The fourth-order valence-electron chi connectivity index (χ4n) is 1.37. The van der Waals surface area contributed by atoms with Gasteiger partial charge in [0, 0.05) is 15.6 Å². The predicted octanol–water partition coefficient (Wildman–Crippen LogP) is 3.44. The molecule has 0 aliphatic heterocycles. The Hall–Kier alpha value is -0.910. The summed E-state index contributed by atoms with van der Waals surface area (Å²) in [5.74, 6) is 0. The van der Waals surface area contributed by atoms with Gasteiger partial charge in [0.1, 0.15) is 11.4 Å². The summed E-state index contributed by atoms with van der Waals surface area (Å²) in [6.07, 6.45) is 2.78. The van der Waals surface area contributed by atoms with Crippen LogP contribution in [0.25, 0.3) is 0 Å². The minimum atomic E-state index is -0.470. The zero-order chi connectivity index (χ0) is 12.3. The normalized spacial score (nSPS) is 12.4. The van der Waals surface area contributed by atoms with Crippen LogP contribution in [0.1, 0.15) is 18.6 Å². The van der Waals surface area contributed by atoms with Crippen molar-refractivity contribution in [3.05, 3.63) is 46.8 Å². The summed E-state index contributed by atoms with van der Waals surface area (Å²) in [5.41, 5.74) is 0.886. The van der Waals surface area contributed by atoms with E-state index in [1.807, 2.05) is 24.3 Å². The van der Waals surface area contributed by atoms with Gasteiger partial charge in [-0.1, -0.05) is 33.8 Å². The smallest absolute Gasteiger partial charge is 0.116 e. The van der Waals surface area contributed by atoms with Gasteiger partial charge in [-0.25, -0.2) is 9.97 Å². The molecule has 1 atom stereocenters. The van der Waals surface area contributed by atoms with E-state index in [4.69, 9.17) is 0 Å². The second-order valence-corrected chi connectivity index (χ2v) is 5.46. The summed E-state index contributed by atoms with van der Waals surface area (Å²) in [4.78, 5) is 9.09. The third-order valence-corrected chi connectivity index (χ3v) is 3.83. The Morgan fingerprint density at radius 3 is 2.76 bits per heavy atom. The third kappa shape index (κ3) is 3.28. The van der Waals surface area contributed by atoms with Gasteiger partial charge in [0.2, 0.25) is 0 Å². The van der Waals surface area contributed by atoms with E-state index in [9.17, 15) is 5.11 Å². The zero-order valence-electron chi connectivity index (χ0n) is 9.17. The number of hydrogen-bond acceptors (Lipinski definition) is 4. The number of benzene rings is 1. The Labute approximate surface area is 112 Å². The fraction of sp³-hybridized carbons (Fsp3) is 0.167. The molecule has 2 rings (SSSR count). The van der Waals surface area contributed by atoms with Crippen LogP contribution in [0.15, 0.2) is 51.2 Å². The average molecular weight is 311 g/mol. The first-order valence-corrected chi connectivity index (χ1v) is 6.69. The lowest BCUT2D eigenvalue weighted by atomic mass is 10.1. The van der Waals surface area contributed by atoms with E-state index >= 15 is 0 Å². The molecule has 0 saturated heterocycles. The molecule has 0 radical (unpaired) electrons. The molecule has 88 valence electrons. The van der Waals surface area contributed by atoms with Crippen molar-refractivity contribution in [3.63, 3.8) is 0 Å². The van der Waals surface area contributed by atoms with Crippen LogP contribution in [0.5, 0.6) is 0 Å². The second kappa shape index (κ2) is 5.62. The Balaban J connectivity index is 2.21. The summed E-state index contributed by atoms with van der Waals surface area (Å²) in [7, 11) is 0. The number of aromatic nitrogens is 2. The third-order valence-electron chi connectivity index (χ3n) is 2.20. The Morgan fingerprint density at radius 1 is 1.35 bits per heavy atom. The first-order chi connectivity index (χ1) is 8.16. The molecule has 1 N–H and O–H groups in total. The summed E-state index contributed by atoms with van der Waals surface area (Å²) in [6.45, 7) is 1.75. The number of rotatable bonds is 3. The van der Waals surface area contributed by atoms with E-state index in [1.165, 1.54) is 6.33 Å². The van der Waals surface area contributed by atoms with E-state index in [0.29, 0.717) is 0 Å². The number of aliphatic hydroxyl groups excluding tert-OH is 1. The molecule has 0 saturated carbocycles. The first-order valence-electron chi connectivity index (χ1n) is 5.08. The molecule has 1 unspecified atom stereocenters. The van der Waals surface area contributed by atoms with E-state index < -0.39 is 6.10 Å². The molecule has 0 spiro atoms. The van der Waals surface area contributed by atoms with E-state index in [0.717, 1.165) is 20.0 Å². The van der Waals surface area contributed by atoms with Crippen molar-refractivity contribution in [2.45, 2.75) is 22.9 Å². The summed E-state index contributed by atoms with van der Waals surface area (Å²) < 4.78 is 0.909. The van der Waals surface area contributed by atoms with Crippen LogP contribution in [-0.2, 0) is 0 Å². The highest BCUT2D eigenvalue weighted by atomic mass is 79.9. The molecule has 0 amide bonds. The maximum Gasteiger partial charge on any atom is 0.116 e. The second-order valence-electron chi connectivity index (χ2n) is 3.51. The van der Waals surface area contributed by atoms with Crippen molar-refractivity contribution in [2.75, 3.05) is 0 Å². The Kier molecular flexibility index (Phi) is 4.15. The molecule has 1 aromatic heterocycles. The average Bonchev–Trinajstić information content (AvgIpc) is 2.30. The quantitative estimate of drug-likeness (QED) is 0.882. The molecule has 0 aliphatic carbocycles. The van der Waals surface area contributed by atoms with Gasteiger partial charge in [-0.3, -0.25) is 0 Å². The molecule has 0 aliphatic rings. The fourth-order valence-corrected chi connectivity index (χ4v) is 3.01. The lowest BCUT2D eigenvalue weighted by Gasteiger charge is -2.09. The first kappa shape index (κ1) is 12.5. The van der Waals surface area contributed by atoms with Crippen molar-refractivity contribution in [1.82, 2.24) is 9.97 Å². The standard InChI is InChI=1S/C12H11BrN2OS/c1-8(16)10-3-2-9(6-11(10)13)17-12-4-5-14-7-15-12/h2-8,16H,1H3. The number of halogens is 1. The van der Waals surface area contributed by atoms with Gasteiger partial charge in [0.15, 0.2) is 0 Å². The van der Waals surface area contributed by atoms with Gasteiger partial charge in [-0.15, -0.1) is 0 Å². The Morgan fingerprint density at radius 2 is 2.18 bits per heavy atom. The van der Waals surface area contributed by atoms with E-state index in [-0.39, 0.29) is 0 Å².